The van der Waals surface area contributed by atoms with E-state index in [9.17, 15) is 15.4 Å². The number of hydrogen-bond donors (Lipinski definition) is 3. The van der Waals surface area contributed by atoms with Gasteiger partial charge in [0.15, 0.2) is 5.82 Å². The zero-order valence-electron chi connectivity index (χ0n) is 17.7. The molecule has 0 aliphatic carbocycles. The fourth-order valence-electron chi connectivity index (χ4n) is 4.28. The molecule has 0 saturated carbocycles. The van der Waals surface area contributed by atoms with Crippen LogP contribution < -0.4 is 9.80 Å². The largest absolute Gasteiger partial charge is 0.508 e. The van der Waals surface area contributed by atoms with E-state index in [0.717, 1.165) is 0 Å². The van der Waals surface area contributed by atoms with Crippen LogP contribution in [0.1, 0.15) is 11.1 Å². The van der Waals surface area contributed by atoms with Crippen LogP contribution in [0.4, 0.5) is 11.9 Å². The Morgan fingerprint density at radius 1 is 0.875 bits per heavy atom. The van der Waals surface area contributed by atoms with E-state index in [1.807, 2.05) is 28.0 Å². The van der Waals surface area contributed by atoms with Crippen molar-refractivity contribution < 1.29 is 15.4 Å². The minimum Gasteiger partial charge on any atom is -0.508 e. The number of hydrogen-bond acceptors (Lipinski definition) is 9. The monoisotopic (exact) mass is 434 g/mol. The van der Waals surface area contributed by atoms with Crippen LogP contribution in [0.25, 0.3) is 11.4 Å². The second-order valence-corrected chi connectivity index (χ2v) is 8.19. The highest BCUT2D eigenvalue weighted by molar-refractivity contribution is 5.61. The smallest absolute Gasteiger partial charge is 0.231 e. The molecule has 1 fully saturated rings. The lowest BCUT2D eigenvalue weighted by Crippen LogP contribution is -2.46. The summed E-state index contributed by atoms with van der Waals surface area (Å²) in [5.74, 6) is 1.62. The number of anilines is 2. The lowest BCUT2D eigenvalue weighted by Gasteiger charge is -2.37. The van der Waals surface area contributed by atoms with Crippen LogP contribution in [-0.4, -0.2) is 74.3 Å². The number of hydroxylamine groups is 2. The Bertz CT molecular complexity index is 1100. The number of piperazine rings is 1. The van der Waals surface area contributed by atoms with E-state index in [0.29, 0.717) is 62.4 Å². The van der Waals surface area contributed by atoms with Gasteiger partial charge < -0.3 is 25.2 Å². The molecule has 3 N–H and O–H groups in total. The maximum Gasteiger partial charge on any atom is 0.231 e. The first-order valence-electron chi connectivity index (χ1n) is 10.8. The second kappa shape index (κ2) is 8.70. The number of rotatable bonds is 4. The van der Waals surface area contributed by atoms with E-state index in [-0.39, 0.29) is 18.4 Å². The molecule has 3 heterocycles. The summed E-state index contributed by atoms with van der Waals surface area (Å²) in [4.78, 5) is 18.3. The zero-order valence-corrected chi connectivity index (χ0v) is 17.7. The van der Waals surface area contributed by atoms with Gasteiger partial charge in [0.05, 0.1) is 12.6 Å². The summed E-state index contributed by atoms with van der Waals surface area (Å²) < 4.78 is 0. The topological polar surface area (TPSA) is 109 Å². The number of phenols is 1. The van der Waals surface area contributed by atoms with Crippen LogP contribution in [0.15, 0.2) is 48.5 Å². The van der Waals surface area contributed by atoms with Crippen molar-refractivity contribution in [3.63, 3.8) is 0 Å². The van der Waals surface area contributed by atoms with Crippen molar-refractivity contribution in [2.75, 3.05) is 42.6 Å². The van der Waals surface area contributed by atoms with Crippen molar-refractivity contribution in [3.8, 4) is 17.1 Å². The minimum atomic E-state index is -0.147. The predicted molar refractivity (Wildman–Crippen MR) is 120 cm³/mol. The molecular formula is C23H26N6O3. The molecule has 1 saturated heterocycles. The predicted octanol–water partition coefficient (Wildman–Crippen LogP) is 1.68. The Kier molecular flexibility index (Phi) is 5.60. The summed E-state index contributed by atoms with van der Waals surface area (Å²) in [7, 11) is 0. The van der Waals surface area contributed by atoms with Gasteiger partial charge in [-0.25, -0.2) is 0 Å². The molecule has 9 heteroatoms. The molecule has 2 aliphatic heterocycles. The molecule has 3 aromatic rings. The summed E-state index contributed by atoms with van der Waals surface area (Å²) in [5, 5.41) is 31.1. The number of aliphatic hydroxyl groups excluding tert-OH is 1. The van der Waals surface area contributed by atoms with Gasteiger partial charge in [-0.2, -0.15) is 20.0 Å². The fourth-order valence-corrected chi connectivity index (χ4v) is 4.28. The molecule has 1 aromatic heterocycles. The van der Waals surface area contributed by atoms with E-state index in [1.54, 1.807) is 18.2 Å². The van der Waals surface area contributed by atoms with Crippen molar-refractivity contribution >= 4 is 11.9 Å². The first-order chi connectivity index (χ1) is 15.6. The number of phenolic OH excluding ortho intramolecular Hbond substituents is 1. The van der Waals surface area contributed by atoms with Crippen LogP contribution >= 0.6 is 0 Å². The average Bonchev–Trinajstić information content (AvgIpc) is 2.83. The number of nitrogens with zero attached hydrogens (tertiary/aromatic N) is 6. The van der Waals surface area contributed by atoms with Crippen LogP contribution in [0.5, 0.6) is 5.75 Å². The summed E-state index contributed by atoms with van der Waals surface area (Å²) in [6, 6.07) is 14.9. The van der Waals surface area contributed by atoms with Gasteiger partial charge in [-0.05, 0) is 29.7 Å². The molecule has 0 unspecified atom stereocenters. The summed E-state index contributed by atoms with van der Waals surface area (Å²) in [5.41, 5.74) is 3.10. The maximum absolute atomic E-state index is 10.1. The molecule has 32 heavy (non-hydrogen) atoms. The SMILES string of the molecule is OC[C@H]1Cc2ccccc2CN1c1nc(-c2cccc(O)c2)nc(N2CCN(O)CC2)n1. The van der Waals surface area contributed by atoms with Gasteiger partial charge in [-0.3, -0.25) is 0 Å². The summed E-state index contributed by atoms with van der Waals surface area (Å²) >= 11 is 0. The number of aliphatic hydroxyl groups is 1. The van der Waals surface area contributed by atoms with Crippen molar-refractivity contribution in [3.05, 3.63) is 59.7 Å². The number of benzene rings is 2. The van der Waals surface area contributed by atoms with E-state index < -0.39 is 0 Å². The molecule has 166 valence electrons. The zero-order chi connectivity index (χ0) is 22.1. The van der Waals surface area contributed by atoms with Gasteiger partial charge >= 0.3 is 0 Å². The quantitative estimate of drug-likeness (QED) is 0.565. The van der Waals surface area contributed by atoms with Crippen molar-refractivity contribution in [2.45, 2.75) is 19.0 Å². The van der Waals surface area contributed by atoms with Crippen LogP contribution in [-0.2, 0) is 13.0 Å². The highest BCUT2D eigenvalue weighted by atomic mass is 16.5. The molecule has 0 amide bonds. The molecule has 0 spiro atoms. The van der Waals surface area contributed by atoms with Gasteiger partial charge in [0.1, 0.15) is 5.75 Å². The van der Waals surface area contributed by atoms with Gasteiger partial charge in [-0.15, -0.1) is 0 Å². The van der Waals surface area contributed by atoms with E-state index in [4.69, 9.17) is 9.97 Å². The lowest BCUT2D eigenvalue weighted by molar-refractivity contribution is -0.0937. The molecule has 2 aliphatic rings. The first kappa shape index (κ1) is 20.6. The van der Waals surface area contributed by atoms with Gasteiger partial charge in [-0.1, -0.05) is 36.4 Å². The highest BCUT2D eigenvalue weighted by Crippen LogP contribution is 2.30. The van der Waals surface area contributed by atoms with E-state index >= 15 is 0 Å². The Labute approximate surface area is 186 Å². The molecule has 5 rings (SSSR count). The maximum atomic E-state index is 10.1. The van der Waals surface area contributed by atoms with Crippen LogP contribution in [0.3, 0.4) is 0 Å². The Morgan fingerprint density at radius 2 is 1.62 bits per heavy atom. The van der Waals surface area contributed by atoms with E-state index in [2.05, 4.69) is 17.1 Å². The molecular weight excluding hydrogens is 408 g/mol. The highest BCUT2D eigenvalue weighted by Gasteiger charge is 2.29. The van der Waals surface area contributed by atoms with Crippen molar-refractivity contribution in [1.82, 2.24) is 20.0 Å². The first-order valence-corrected chi connectivity index (χ1v) is 10.8. The fraction of sp³-hybridized carbons (Fsp3) is 0.348. The number of fused-ring (bicyclic) bond motifs is 1. The Balaban J connectivity index is 1.57. The van der Waals surface area contributed by atoms with Gasteiger partial charge in [0, 0.05) is 38.3 Å². The number of aromatic nitrogens is 3. The molecule has 9 nitrogen and oxygen atoms in total. The van der Waals surface area contributed by atoms with E-state index in [1.165, 1.54) is 16.2 Å². The van der Waals surface area contributed by atoms with Gasteiger partial charge in [0.25, 0.3) is 0 Å². The standard InChI is InChI=1S/C23H26N6O3/c30-15-19-12-16-4-1-2-5-18(16)14-29(19)23-25-21(17-6-3-7-20(31)13-17)24-22(26-23)27-8-10-28(32)11-9-27/h1-7,13,19,30-32H,8-12,14-15H2/t19-/m1/s1. The van der Waals surface area contributed by atoms with Crippen LogP contribution in [0.2, 0.25) is 0 Å². The van der Waals surface area contributed by atoms with Crippen molar-refractivity contribution in [1.29, 1.82) is 0 Å². The van der Waals surface area contributed by atoms with Crippen LogP contribution in [0, 0.1) is 0 Å². The summed E-state index contributed by atoms with van der Waals surface area (Å²) in [6.07, 6.45) is 0.707. The lowest BCUT2D eigenvalue weighted by atomic mass is 9.94. The molecule has 2 aromatic carbocycles. The normalized spacial score (nSPS) is 19.1. The Hall–Kier alpha value is -3.27. The third kappa shape index (κ3) is 4.10. The molecule has 0 radical (unpaired) electrons. The average molecular weight is 435 g/mol. The molecule has 0 bridgehead atoms. The summed E-state index contributed by atoms with van der Waals surface area (Å²) in [6.45, 7) is 2.75. The number of aromatic hydroxyl groups is 1. The van der Waals surface area contributed by atoms with Crippen molar-refractivity contribution in [2.24, 2.45) is 0 Å². The second-order valence-electron chi connectivity index (χ2n) is 8.19. The Morgan fingerprint density at radius 3 is 2.38 bits per heavy atom. The third-order valence-corrected chi connectivity index (χ3v) is 6.08. The van der Waals surface area contributed by atoms with Gasteiger partial charge in [0.2, 0.25) is 11.9 Å². The molecule has 1 atom stereocenters. The third-order valence-electron chi connectivity index (χ3n) is 6.08. The minimum absolute atomic E-state index is 0.0139.